The number of aliphatic carboxylic acids is 1. The number of aromatic nitrogens is 1. The molecule has 2 aromatic rings. The van der Waals surface area contributed by atoms with Gasteiger partial charge in [-0.15, -0.1) is 0 Å². The Morgan fingerprint density at radius 1 is 1.38 bits per heavy atom. The number of hydrogen-bond donors (Lipinski definition) is 4. The van der Waals surface area contributed by atoms with Crippen molar-refractivity contribution in [2.45, 2.75) is 30.8 Å². The van der Waals surface area contributed by atoms with Crippen molar-refractivity contribution in [3.63, 3.8) is 0 Å². The lowest BCUT2D eigenvalue weighted by Crippen LogP contribution is -2.50. The lowest BCUT2D eigenvalue weighted by Gasteiger charge is -2.17. The Morgan fingerprint density at radius 3 is 2.76 bits per heavy atom. The molecule has 1 aromatic carbocycles. The summed E-state index contributed by atoms with van der Waals surface area (Å²) < 4.78 is 0. The molecule has 3 rings (SSSR count). The highest BCUT2D eigenvalue weighted by Gasteiger charge is 2.47. The molecule has 1 fully saturated rings. The topological polar surface area (TPSA) is 108 Å². The second kappa shape index (κ2) is 4.89. The van der Waals surface area contributed by atoms with Gasteiger partial charge in [0.1, 0.15) is 6.04 Å². The van der Waals surface area contributed by atoms with Crippen LogP contribution >= 0.6 is 0 Å². The maximum atomic E-state index is 11.9. The minimum Gasteiger partial charge on any atom is -0.480 e. The van der Waals surface area contributed by atoms with Gasteiger partial charge in [-0.2, -0.15) is 0 Å². The summed E-state index contributed by atoms with van der Waals surface area (Å²) in [7, 11) is 0. The molecule has 1 aliphatic carbocycles. The van der Waals surface area contributed by atoms with Crippen molar-refractivity contribution >= 4 is 22.8 Å². The summed E-state index contributed by atoms with van der Waals surface area (Å²) in [5.41, 5.74) is 6.73. The number of carboxylic acid groups (broad SMARTS) is 1. The summed E-state index contributed by atoms with van der Waals surface area (Å²) in [6, 6.07) is 6.68. The van der Waals surface area contributed by atoms with Gasteiger partial charge in [0.2, 0.25) is 5.91 Å². The standard InChI is InChI=1S/C15H17N3O3/c16-15(5-6-15)14(21)18-12(13(19)20)7-9-8-17-11-4-2-1-3-10(9)11/h1-4,8,12,17H,5-7,16H2,(H,18,21)(H,19,20). The largest absolute Gasteiger partial charge is 0.480 e. The monoisotopic (exact) mass is 287 g/mol. The highest BCUT2D eigenvalue weighted by molar-refractivity contribution is 5.92. The fourth-order valence-electron chi connectivity index (χ4n) is 2.38. The van der Waals surface area contributed by atoms with Gasteiger partial charge in [0.15, 0.2) is 0 Å². The Labute approximate surface area is 121 Å². The van der Waals surface area contributed by atoms with Gasteiger partial charge in [-0.05, 0) is 24.5 Å². The van der Waals surface area contributed by atoms with E-state index in [1.54, 1.807) is 6.20 Å². The van der Waals surface area contributed by atoms with Crippen molar-refractivity contribution in [2.75, 3.05) is 0 Å². The first-order valence-electron chi connectivity index (χ1n) is 6.87. The number of nitrogens with two attached hydrogens (primary N) is 1. The third-order valence-corrected chi connectivity index (χ3v) is 3.94. The van der Waals surface area contributed by atoms with Gasteiger partial charge in [-0.3, -0.25) is 4.79 Å². The van der Waals surface area contributed by atoms with Crippen LogP contribution in [0.2, 0.25) is 0 Å². The second-order valence-electron chi connectivity index (χ2n) is 5.58. The number of amides is 1. The molecule has 0 spiro atoms. The maximum Gasteiger partial charge on any atom is 0.326 e. The highest BCUT2D eigenvalue weighted by Crippen LogP contribution is 2.32. The van der Waals surface area contributed by atoms with E-state index in [4.69, 9.17) is 5.73 Å². The molecular weight excluding hydrogens is 270 g/mol. The Balaban J connectivity index is 1.79. The maximum absolute atomic E-state index is 11.9. The van der Waals surface area contributed by atoms with E-state index in [0.29, 0.717) is 12.8 Å². The quantitative estimate of drug-likeness (QED) is 0.651. The van der Waals surface area contributed by atoms with Gasteiger partial charge in [0.05, 0.1) is 5.54 Å². The van der Waals surface area contributed by atoms with Crippen molar-refractivity contribution in [3.05, 3.63) is 36.0 Å². The fourth-order valence-corrected chi connectivity index (χ4v) is 2.38. The van der Waals surface area contributed by atoms with Gasteiger partial charge in [0.25, 0.3) is 0 Å². The van der Waals surface area contributed by atoms with Crippen LogP contribution in [0.3, 0.4) is 0 Å². The molecular formula is C15H17N3O3. The van der Waals surface area contributed by atoms with Gasteiger partial charge in [-0.25, -0.2) is 4.79 Å². The van der Waals surface area contributed by atoms with E-state index in [2.05, 4.69) is 10.3 Å². The van der Waals surface area contributed by atoms with Crippen LogP contribution in [0.1, 0.15) is 18.4 Å². The first-order chi connectivity index (χ1) is 9.99. The summed E-state index contributed by atoms with van der Waals surface area (Å²) in [6.07, 6.45) is 3.22. The third kappa shape index (κ3) is 2.62. The number of carboxylic acids is 1. The predicted octanol–water partition coefficient (Wildman–Crippen LogP) is 0.771. The number of rotatable bonds is 5. The molecule has 0 saturated heterocycles. The lowest BCUT2D eigenvalue weighted by atomic mass is 10.0. The molecule has 1 heterocycles. The van der Waals surface area contributed by atoms with E-state index in [1.165, 1.54) is 0 Å². The van der Waals surface area contributed by atoms with Crippen molar-refractivity contribution < 1.29 is 14.7 Å². The van der Waals surface area contributed by atoms with Crippen LogP contribution in [0, 0.1) is 0 Å². The Bertz CT molecular complexity index is 703. The molecule has 1 aliphatic rings. The summed E-state index contributed by atoms with van der Waals surface area (Å²) in [5.74, 6) is -1.44. The van der Waals surface area contributed by atoms with Crippen molar-refractivity contribution in [1.82, 2.24) is 10.3 Å². The van der Waals surface area contributed by atoms with Gasteiger partial charge >= 0.3 is 5.97 Å². The Kier molecular flexibility index (Phi) is 3.17. The third-order valence-electron chi connectivity index (χ3n) is 3.94. The van der Waals surface area contributed by atoms with E-state index in [1.807, 2.05) is 24.3 Å². The molecule has 0 radical (unpaired) electrons. The average molecular weight is 287 g/mol. The number of aromatic amines is 1. The van der Waals surface area contributed by atoms with Crippen LogP contribution in [-0.4, -0.2) is 33.5 Å². The highest BCUT2D eigenvalue weighted by atomic mass is 16.4. The Hall–Kier alpha value is -2.34. The number of carbonyl (C=O) groups excluding carboxylic acids is 1. The molecule has 1 saturated carbocycles. The van der Waals surface area contributed by atoms with E-state index in [0.717, 1.165) is 16.5 Å². The minimum atomic E-state index is -1.06. The van der Waals surface area contributed by atoms with Gasteiger partial charge in [0, 0.05) is 23.5 Å². The molecule has 5 N–H and O–H groups in total. The van der Waals surface area contributed by atoms with Gasteiger partial charge < -0.3 is 21.1 Å². The molecule has 0 aliphatic heterocycles. The van der Waals surface area contributed by atoms with E-state index >= 15 is 0 Å². The molecule has 1 amide bonds. The predicted molar refractivity (Wildman–Crippen MR) is 77.7 cm³/mol. The zero-order chi connectivity index (χ0) is 15.0. The second-order valence-corrected chi connectivity index (χ2v) is 5.58. The van der Waals surface area contributed by atoms with Crippen LogP contribution in [0.4, 0.5) is 0 Å². The molecule has 1 atom stereocenters. The summed E-state index contributed by atoms with van der Waals surface area (Å²) >= 11 is 0. The zero-order valence-electron chi connectivity index (χ0n) is 11.4. The number of benzene rings is 1. The lowest BCUT2D eigenvalue weighted by molar-refractivity contribution is -0.142. The summed E-state index contributed by atoms with van der Waals surface area (Å²) in [4.78, 5) is 26.4. The van der Waals surface area contributed by atoms with Crippen LogP contribution in [0.25, 0.3) is 10.9 Å². The molecule has 110 valence electrons. The van der Waals surface area contributed by atoms with E-state index < -0.39 is 17.6 Å². The van der Waals surface area contributed by atoms with Crippen LogP contribution < -0.4 is 11.1 Å². The van der Waals surface area contributed by atoms with Crippen molar-refractivity contribution in [3.8, 4) is 0 Å². The SMILES string of the molecule is NC1(C(=O)NC(Cc2c[nH]c3ccccc23)C(=O)O)CC1. The molecule has 21 heavy (non-hydrogen) atoms. The minimum absolute atomic E-state index is 0.223. The normalized spacial score (nSPS) is 17.4. The number of fused-ring (bicyclic) bond motifs is 1. The van der Waals surface area contributed by atoms with Crippen molar-refractivity contribution in [2.24, 2.45) is 5.73 Å². The number of para-hydroxylation sites is 1. The molecule has 1 unspecified atom stereocenters. The Morgan fingerprint density at radius 2 is 2.10 bits per heavy atom. The summed E-state index contributed by atoms with van der Waals surface area (Å²) in [5, 5.41) is 12.8. The van der Waals surface area contributed by atoms with Crippen LogP contribution in [-0.2, 0) is 16.0 Å². The van der Waals surface area contributed by atoms with Crippen LogP contribution in [0.5, 0.6) is 0 Å². The first-order valence-corrected chi connectivity index (χ1v) is 6.87. The molecule has 0 bridgehead atoms. The van der Waals surface area contributed by atoms with Crippen LogP contribution in [0.15, 0.2) is 30.5 Å². The molecule has 6 nitrogen and oxygen atoms in total. The number of H-pyrrole nitrogens is 1. The molecule has 6 heteroatoms. The average Bonchev–Trinajstić information content (AvgIpc) is 3.09. The molecule has 1 aromatic heterocycles. The van der Waals surface area contributed by atoms with Crippen molar-refractivity contribution in [1.29, 1.82) is 0 Å². The van der Waals surface area contributed by atoms with E-state index in [9.17, 15) is 14.7 Å². The zero-order valence-corrected chi connectivity index (χ0v) is 11.4. The first kappa shape index (κ1) is 13.6. The smallest absolute Gasteiger partial charge is 0.326 e. The van der Waals surface area contributed by atoms with E-state index in [-0.39, 0.29) is 12.3 Å². The number of carbonyl (C=O) groups is 2. The van der Waals surface area contributed by atoms with Gasteiger partial charge in [-0.1, -0.05) is 18.2 Å². The fraction of sp³-hybridized carbons (Fsp3) is 0.333. The summed E-state index contributed by atoms with van der Waals surface area (Å²) in [6.45, 7) is 0. The number of hydrogen-bond acceptors (Lipinski definition) is 3. The number of nitrogens with one attached hydrogen (secondary N) is 2.